The number of fused-ring (bicyclic) bond motifs is 1. The topological polar surface area (TPSA) is 92.8 Å². The Labute approximate surface area is 188 Å². The fourth-order valence-electron chi connectivity index (χ4n) is 3.59. The van der Waals surface area contributed by atoms with Crippen molar-refractivity contribution in [3.63, 3.8) is 0 Å². The summed E-state index contributed by atoms with van der Waals surface area (Å²) in [5.41, 5.74) is 1.04. The molecule has 1 atom stereocenters. The van der Waals surface area contributed by atoms with E-state index in [2.05, 4.69) is 5.32 Å². The number of benzene rings is 3. The zero-order valence-electron chi connectivity index (χ0n) is 17.4. The first-order valence-electron chi connectivity index (χ1n) is 10.2. The smallest absolute Gasteiger partial charge is 0.330 e. The molecule has 0 saturated heterocycles. The summed E-state index contributed by atoms with van der Waals surface area (Å²) in [6.07, 6.45) is 0.0140. The highest BCUT2D eigenvalue weighted by atomic mass is 19.1. The molecule has 3 aromatic rings. The van der Waals surface area contributed by atoms with Crippen LogP contribution in [0.15, 0.2) is 78.9 Å². The van der Waals surface area contributed by atoms with Gasteiger partial charge in [-0.2, -0.15) is 0 Å². The molecule has 0 radical (unpaired) electrons. The van der Waals surface area contributed by atoms with Crippen LogP contribution in [0.1, 0.15) is 26.3 Å². The van der Waals surface area contributed by atoms with Gasteiger partial charge in [0.1, 0.15) is 11.9 Å². The van der Waals surface area contributed by atoms with E-state index in [4.69, 9.17) is 4.74 Å². The van der Waals surface area contributed by atoms with E-state index >= 15 is 0 Å². The standard InChI is InChI=1S/C25H19FN2O5/c26-19-12-6-7-13-20(19)27-22(29)15-33-25(32)21(14-16-8-2-1-3-9-16)28-23(30)17-10-4-5-11-18(17)24(28)31/h1-13,21H,14-15H2,(H,27,29). The minimum atomic E-state index is -1.28. The van der Waals surface area contributed by atoms with Gasteiger partial charge >= 0.3 is 5.97 Å². The Balaban J connectivity index is 1.52. The fraction of sp³-hybridized carbons (Fsp3) is 0.120. The summed E-state index contributed by atoms with van der Waals surface area (Å²) < 4.78 is 18.9. The van der Waals surface area contributed by atoms with E-state index in [1.54, 1.807) is 48.5 Å². The van der Waals surface area contributed by atoms with Crippen LogP contribution in [0.25, 0.3) is 0 Å². The Morgan fingerprint density at radius 3 is 2.06 bits per heavy atom. The van der Waals surface area contributed by atoms with Crippen LogP contribution in [-0.2, 0) is 20.7 Å². The average Bonchev–Trinajstić information content (AvgIpc) is 3.08. The minimum absolute atomic E-state index is 0.0140. The predicted molar refractivity (Wildman–Crippen MR) is 117 cm³/mol. The number of hydrogen-bond donors (Lipinski definition) is 1. The zero-order chi connectivity index (χ0) is 23.4. The summed E-state index contributed by atoms with van der Waals surface area (Å²) in [6, 6.07) is 19.4. The van der Waals surface area contributed by atoms with Gasteiger partial charge in [-0.25, -0.2) is 9.18 Å². The zero-order valence-corrected chi connectivity index (χ0v) is 17.4. The van der Waals surface area contributed by atoms with Gasteiger partial charge in [-0.05, 0) is 29.8 Å². The summed E-state index contributed by atoms with van der Waals surface area (Å²) in [4.78, 5) is 51.9. The van der Waals surface area contributed by atoms with Crippen LogP contribution >= 0.6 is 0 Å². The summed E-state index contributed by atoms with van der Waals surface area (Å²) in [5.74, 6) is -3.52. The Kier molecular flexibility index (Phi) is 6.26. The molecule has 1 aliphatic rings. The van der Waals surface area contributed by atoms with Crippen molar-refractivity contribution >= 4 is 29.4 Å². The van der Waals surface area contributed by atoms with Crippen LogP contribution in [0.3, 0.4) is 0 Å². The largest absolute Gasteiger partial charge is 0.454 e. The lowest BCUT2D eigenvalue weighted by Crippen LogP contribution is -2.47. The fourth-order valence-corrected chi connectivity index (χ4v) is 3.59. The Morgan fingerprint density at radius 2 is 1.42 bits per heavy atom. The van der Waals surface area contributed by atoms with Crippen molar-refractivity contribution in [3.05, 3.63) is 101 Å². The number of para-hydroxylation sites is 1. The molecule has 166 valence electrons. The number of amides is 3. The molecule has 0 aliphatic carbocycles. The number of carbonyl (C=O) groups excluding carboxylic acids is 4. The summed E-state index contributed by atoms with van der Waals surface area (Å²) >= 11 is 0. The summed E-state index contributed by atoms with van der Waals surface area (Å²) in [7, 11) is 0. The van der Waals surface area contributed by atoms with Crippen LogP contribution in [0.4, 0.5) is 10.1 Å². The third-order valence-corrected chi connectivity index (χ3v) is 5.17. The van der Waals surface area contributed by atoms with Crippen molar-refractivity contribution in [1.82, 2.24) is 4.90 Å². The number of hydrogen-bond acceptors (Lipinski definition) is 5. The molecule has 1 aliphatic heterocycles. The molecule has 0 fully saturated rings. The van der Waals surface area contributed by atoms with Gasteiger partial charge in [0.2, 0.25) is 0 Å². The number of imide groups is 1. The lowest BCUT2D eigenvalue weighted by atomic mass is 10.0. The van der Waals surface area contributed by atoms with E-state index in [1.165, 1.54) is 30.3 Å². The highest BCUT2D eigenvalue weighted by molar-refractivity contribution is 6.22. The quantitative estimate of drug-likeness (QED) is 0.444. The van der Waals surface area contributed by atoms with Crippen LogP contribution in [0.5, 0.6) is 0 Å². The molecule has 0 spiro atoms. The number of carbonyl (C=O) groups is 4. The normalized spacial score (nSPS) is 13.4. The van der Waals surface area contributed by atoms with Crippen molar-refractivity contribution in [2.24, 2.45) is 0 Å². The lowest BCUT2D eigenvalue weighted by molar-refractivity contribution is -0.151. The molecule has 7 nitrogen and oxygen atoms in total. The molecule has 1 N–H and O–H groups in total. The maximum Gasteiger partial charge on any atom is 0.330 e. The first-order chi connectivity index (χ1) is 16.0. The molecule has 8 heteroatoms. The number of nitrogens with zero attached hydrogens (tertiary/aromatic N) is 1. The average molecular weight is 446 g/mol. The molecule has 33 heavy (non-hydrogen) atoms. The van der Waals surface area contributed by atoms with Gasteiger partial charge in [-0.15, -0.1) is 0 Å². The van der Waals surface area contributed by atoms with Gasteiger partial charge in [-0.3, -0.25) is 19.3 Å². The number of rotatable bonds is 7. The van der Waals surface area contributed by atoms with E-state index in [9.17, 15) is 23.6 Å². The Hall–Kier alpha value is -4.33. The van der Waals surface area contributed by atoms with Crippen LogP contribution in [0.2, 0.25) is 0 Å². The second-order valence-electron chi connectivity index (χ2n) is 7.37. The van der Waals surface area contributed by atoms with E-state index in [1.807, 2.05) is 0 Å². The maximum absolute atomic E-state index is 13.7. The maximum atomic E-state index is 13.7. The molecule has 1 unspecified atom stereocenters. The Bertz CT molecular complexity index is 1190. The van der Waals surface area contributed by atoms with Crippen molar-refractivity contribution < 1.29 is 28.3 Å². The third kappa shape index (κ3) is 4.64. The monoisotopic (exact) mass is 446 g/mol. The lowest BCUT2D eigenvalue weighted by Gasteiger charge is -2.24. The van der Waals surface area contributed by atoms with Gasteiger partial charge < -0.3 is 10.1 Å². The molecule has 4 rings (SSSR count). The molecular weight excluding hydrogens is 427 g/mol. The number of nitrogens with one attached hydrogen (secondary N) is 1. The van der Waals surface area contributed by atoms with Crippen molar-refractivity contribution in [1.29, 1.82) is 0 Å². The molecular formula is C25H19FN2O5. The van der Waals surface area contributed by atoms with Gasteiger partial charge in [0.25, 0.3) is 17.7 Å². The van der Waals surface area contributed by atoms with Gasteiger partial charge in [0.15, 0.2) is 6.61 Å². The van der Waals surface area contributed by atoms with Gasteiger partial charge in [0, 0.05) is 6.42 Å². The number of esters is 1. The number of anilines is 1. The van der Waals surface area contributed by atoms with E-state index in [0.717, 1.165) is 4.90 Å². The molecule has 1 heterocycles. The van der Waals surface area contributed by atoms with E-state index < -0.39 is 42.2 Å². The molecule has 0 aromatic heterocycles. The second-order valence-corrected chi connectivity index (χ2v) is 7.37. The first-order valence-corrected chi connectivity index (χ1v) is 10.2. The number of halogens is 1. The molecule has 3 aromatic carbocycles. The van der Waals surface area contributed by atoms with Crippen molar-refractivity contribution in [3.8, 4) is 0 Å². The minimum Gasteiger partial charge on any atom is -0.454 e. The predicted octanol–water partition coefficient (Wildman–Crippen LogP) is 3.21. The highest BCUT2D eigenvalue weighted by Crippen LogP contribution is 2.26. The second kappa shape index (κ2) is 9.44. The summed E-state index contributed by atoms with van der Waals surface area (Å²) in [5, 5.41) is 2.32. The van der Waals surface area contributed by atoms with Gasteiger partial charge in [0.05, 0.1) is 16.8 Å². The molecule has 0 saturated carbocycles. The van der Waals surface area contributed by atoms with Crippen LogP contribution < -0.4 is 5.32 Å². The van der Waals surface area contributed by atoms with Crippen molar-refractivity contribution in [2.75, 3.05) is 11.9 Å². The molecule has 3 amide bonds. The SMILES string of the molecule is O=C(COC(=O)C(Cc1ccccc1)N1C(=O)c2ccccc2C1=O)Nc1ccccc1F. The Morgan fingerprint density at radius 1 is 0.848 bits per heavy atom. The van der Waals surface area contributed by atoms with Gasteiger partial charge in [-0.1, -0.05) is 54.6 Å². The molecule has 0 bridgehead atoms. The van der Waals surface area contributed by atoms with E-state index in [0.29, 0.717) is 5.56 Å². The summed E-state index contributed by atoms with van der Waals surface area (Å²) in [6.45, 7) is -0.707. The van der Waals surface area contributed by atoms with E-state index in [-0.39, 0.29) is 23.2 Å². The highest BCUT2D eigenvalue weighted by Gasteiger charge is 2.43. The van der Waals surface area contributed by atoms with Crippen molar-refractivity contribution in [2.45, 2.75) is 12.5 Å². The van der Waals surface area contributed by atoms with Crippen LogP contribution in [0, 0.1) is 5.82 Å². The van der Waals surface area contributed by atoms with Crippen LogP contribution in [-0.4, -0.2) is 41.2 Å². The number of ether oxygens (including phenoxy) is 1. The third-order valence-electron chi connectivity index (χ3n) is 5.17. The first kappa shape index (κ1) is 21.9.